The van der Waals surface area contributed by atoms with Crippen LogP contribution in [0.4, 0.5) is 0 Å². The Morgan fingerprint density at radius 1 is 1.22 bits per heavy atom. The lowest BCUT2D eigenvalue weighted by Crippen LogP contribution is -2.32. The van der Waals surface area contributed by atoms with Gasteiger partial charge in [0.15, 0.2) is 5.65 Å². The molecule has 7 nitrogen and oxygen atoms in total. The van der Waals surface area contributed by atoms with Crippen LogP contribution < -0.4 is 5.73 Å². The van der Waals surface area contributed by atoms with Crippen molar-refractivity contribution in [3.05, 3.63) is 70.7 Å². The molecule has 2 N–H and O–H groups in total. The zero-order chi connectivity index (χ0) is 22.2. The Hall–Kier alpha value is -3.52. The summed E-state index contributed by atoms with van der Waals surface area (Å²) in [6.07, 6.45) is 3.72. The Bertz CT molecular complexity index is 1290. The van der Waals surface area contributed by atoms with Crippen molar-refractivity contribution >= 4 is 34.2 Å². The van der Waals surface area contributed by atoms with Gasteiger partial charge in [-0.05, 0) is 55.0 Å². The minimum Gasteiger partial charge on any atom is -0.366 e. The second-order valence-corrected chi connectivity index (χ2v) is 8.90. The lowest BCUT2D eigenvalue weighted by Gasteiger charge is -2.23. The van der Waals surface area contributed by atoms with Crippen molar-refractivity contribution in [2.45, 2.75) is 38.9 Å². The molecule has 0 spiro atoms. The standard InChI is InChI=1S/C24H23N5O2S/c1-2-29-23-19(13-26-29)18(12-20(27-23)21-4-3-11-32-21)24(31)28(17-9-10-17)14-15-5-7-16(8-6-15)22(25)30/h3-8,11-13,17H,2,9-10,14H2,1H3,(H2,25,30). The number of pyridine rings is 1. The number of carbonyl (C=O) groups excluding carboxylic acids is 2. The lowest BCUT2D eigenvalue weighted by atomic mass is 10.1. The molecule has 1 aromatic carbocycles. The summed E-state index contributed by atoms with van der Waals surface area (Å²) in [5.74, 6) is -0.479. The maximum atomic E-state index is 13.8. The van der Waals surface area contributed by atoms with Gasteiger partial charge in [0.2, 0.25) is 5.91 Å². The third-order valence-corrected chi connectivity index (χ3v) is 6.65. The van der Waals surface area contributed by atoms with Gasteiger partial charge in [-0.2, -0.15) is 5.10 Å². The molecule has 0 unspecified atom stereocenters. The third kappa shape index (κ3) is 3.78. The number of carbonyl (C=O) groups is 2. The van der Waals surface area contributed by atoms with E-state index in [1.165, 1.54) is 0 Å². The summed E-state index contributed by atoms with van der Waals surface area (Å²) in [7, 11) is 0. The van der Waals surface area contributed by atoms with E-state index < -0.39 is 5.91 Å². The minimum absolute atomic E-state index is 0.0210. The third-order valence-electron chi connectivity index (χ3n) is 5.75. The first-order valence-electron chi connectivity index (χ1n) is 10.6. The number of hydrogen-bond acceptors (Lipinski definition) is 5. The summed E-state index contributed by atoms with van der Waals surface area (Å²) in [5, 5.41) is 7.23. The van der Waals surface area contributed by atoms with Gasteiger partial charge in [0, 0.05) is 24.7 Å². The van der Waals surface area contributed by atoms with Crippen LogP contribution in [0.25, 0.3) is 21.6 Å². The number of benzene rings is 1. The molecule has 0 saturated heterocycles. The summed E-state index contributed by atoms with van der Waals surface area (Å²) < 4.78 is 1.83. The molecule has 8 heteroatoms. The number of nitrogens with two attached hydrogens (primary N) is 1. The molecule has 1 aliphatic rings. The van der Waals surface area contributed by atoms with E-state index in [-0.39, 0.29) is 11.9 Å². The average Bonchev–Trinajstić information content (AvgIpc) is 3.32. The summed E-state index contributed by atoms with van der Waals surface area (Å²) in [6.45, 7) is 3.17. The second kappa shape index (κ2) is 8.20. The highest BCUT2D eigenvalue weighted by Crippen LogP contribution is 2.33. The molecular weight excluding hydrogens is 422 g/mol. The van der Waals surface area contributed by atoms with Crippen molar-refractivity contribution in [3.8, 4) is 10.6 Å². The monoisotopic (exact) mass is 445 g/mol. The highest BCUT2D eigenvalue weighted by molar-refractivity contribution is 7.13. The number of primary amides is 1. The van der Waals surface area contributed by atoms with Crippen LogP contribution in [0.2, 0.25) is 0 Å². The Morgan fingerprint density at radius 2 is 2.00 bits per heavy atom. The van der Waals surface area contributed by atoms with Gasteiger partial charge >= 0.3 is 0 Å². The SMILES string of the molecule is CCn1ncc2c(C(=O)N(Cc3ccc(C(N)=O)cc3)C3CC3)cc(-c3cccs3)nc21. The highest BCUT2D eigenvalue weighted by Gasteiger charge is 2.34. The van der Waals surface area contributed by atoms with Gasteiger partial charge in [-0.25, -0.2) is 9.67 Å². The topological polar surface area (TPSA) is 94.1 Å². The smallest absolute Gasteiger partial charge is 0.255 e. The van der Waals surface area contributed by atoms with Crippen LogP contribution in [0.3, 0.4) is 0 Å². The normalized spacial score (nSPS) is 13.4. The molecule has 3 heterocycles. The molecular formula is C24H23N5O2S. The van der Waals surface area contributed by atoms with Crippen LogP contribution in [0.15, 0.2) is 54.0 Å². The molecule has 32 heavy (non-hydrogen) atoms. The molecule has 4 aromatic rings. The van der Waals surface area contributed by atoms with Gasteiger partial charge in [-0.1, -0.05) is 18.2 Å². The Morgan fingerprint density at radius 3 is 2.62 bits per heavy atom. The zero-order valence-corrected chi connectivity index (χ0v) is 18.5. The number of thiophene rings is 1. The number of rotatable bonds is 7. The van der Waals surface area contributed by atoms with E-state index in [1.54, 1.807) is 29.7 Å². The lowest BCUT2D eigenvalue weighted by molar-refractivity contribution is 0.0731. The quantitative estimate of drug-likeness (QED) is 0.464. The van der Waals surface area contributed by atoms with E-state index in [1.807, 2.05) is 52.2 Å². The van der Waals surface area contributed by atoms with E-state index >= 15 is 0 Å². The highest BCUT2D eigenvalue weighted by atomic mass is 32.1. The molecule has 1 saturated carbocycles. The van der Waals surface area contributed by atoms with Crippen molar-refractivity contribution in [3.63, 3.8) is 0 Å². The molecule has 2 amide bonds. The Labute approximate surface area is 189 Å². The van der Waals surface area contributed by atoms with Crippen molar-refractivity contribution in [1.82, 2.24) is 19.7 Å². The number of aryl methyl sites for hydroxylation is 1. The molecule has 0 aliphatic heterocycles. The van der Waals surface area contributed by atoms with Crippen LogP contribution >= 0.6 is 11.3 Å². The predicted molar refractivity (Wildman–Crippen MR) is 124 cm³/mol. The summed E-state index contributed by atoms with van der Waals surface area (Å²) in [5.41, 5.74) is 8.91. The molecule has 0 atom stereocenters. The first kappa shape index (κ1) is 20.4. The first-order chi connectivity index (χ1) is 15.5. The van der Waals surface area contributed by atoms with E-state index in [0.29, 0.717) is 24.2 Å². The molecule has 1 fully saturated rings. The van der Waals surface area contributed by atoms with Crippen LogP contribution in [-0.4, -0.2) is 37.5 Å². The maximum absolute atomic E-state index is 13.8. The number of hydrogen-bond donors (Lipinski definition) is 1. The summed E-state index contributed by atoms with van der Waals surface area (Å²) in [6, 6.07) is 13.2. The summed E-state index contributed by atoms with van der Waals surface area (Å²) >= 11 is 1.60. The minimum atomic E-state index is -0.458. The van der Waals surface area contributed by atoms with E-state index in [4.69, 9.17) is 10.7 Å². The van der Waals surface area contributed by atoms with E-state index in [9.17, 15) is 9.59 Å². The van der Waals surface area contributed by atoms with E-state index in [0.717, 1.165) is 40.0 Å². The largest absolute Gasteiger partial charge is 0.366 e. The van der Waals surface area contributed by atoms with Crippen molar-refractivity contribution in [1.29, 1.82) is 0 Å². The molecule has 0 radical (unpaired) electrons. The Kier molecular flexibility index (Phi) is 5.22. The number of amides is 2. The van der Waals surface area contributed by atoms with Crippen LogP contribution in [0.5, 0.6) is 0 Å². The maximum Gasteiger partial charge on any atom is 0.255 e. The molecule has 0 bridgehead atoms. The van der Waals surface area contributed by atoms with E-state index in [2.05, 4.69) is 5.10 Å². The van der Waals surface area contributed by atoms with Gasteiger partial charge in [-0.15, -0.1) is 11.3 Å². The van der Waals surface area contributed by atoms with Gasteiger partial charge in [-0.3, -0.25) is 9.59 Å². The van der Waals surface area contributed by atoms with Gasteiger partial charge in [0.25, 0.3) is 5.91 Å². The van der Waals surface area contributed by atoms with Gasteiger partial charge in [0.05, 0.1) is 27.7 Å². The number of nitrogens with zero attached hydrogens (tertiary/aromatic N) is 4. The zero-order valence-electron chi connectivity index (χ0n) is 17.7. The van der Waals surface area contributed by atoms with Crippen LogP contribution in [0.1, 0.15) is 46.0 Å². The Balaban J connectivity index is 1.54. The van der Waals surface area contributed by atoms with Crippen LogP contribution in [-0.2, 0) is 13.1 Å². The first-order valence-corrected chi connectivity index (χ1v) is 11.5. The van der Waals surface area contributed by atoms with Crippen molar-refractivity contribution in [2.75, 3.05) is 0 Å². The fourth-order valence-electron chi connectivity index (χ4n) is 3.89. The molecule has 162 valence electrons. The predicted octanol–water partition coefficient (Wildman–Crippen LogP) is 4.08. The average molecular weight is 446 g/mol. The fourth-order valence-corrected chi connectivity index (χ4v) is 4.57. The second-order valence-electron chi connectivity index (χ2n) is 7.96. The van der Waals surface area contributed by atoms with Gasteiger partial charge in [0.1, 0.15) is 0 Å². The van der Waals surface area contributed by atoms with Crippen molar-refractivity contribution in [2.24, 2.45) is 5.73 Å². The molecule has 3 aromatic heterocycles. The van der Waals surface area contributed by atoms with Gasteiger partial charge < -0.3 is 10.6 Å². The van der Waals surface area contributed by atoms with Crippen LogP contribution in [0, 0.1) is 0 Å². The molecule has 1 aliphatic carbocycles. The summed E-state index contributed by atoms with van der Waals surface area (Å²) in [4.78, 5) is 33.0. The fraction of sp³-hybridized carbons (Fsp3) is 0.250. The number of aromatic nitrogens is 3. The molecule has 5 rings (SSSR count). The van der Waals surface area contributed by atoms with Crippen molar-refractivity contribution < 1.29 is 9.59 Å². The number of fused-ring (bicyclic) bond motifs is 1.